The SMILES string of the molecule is COc1ccc(CN(Cc2ccc(OC)cc2)c2cc(N(C)c3nc4c5c(nc(OC[C@@]67CCCN6C[C@H](F)C7)nc5c3F)N3C[C@H]5CC[C@@H]([C@H]3[C@H](C)O4)N5C(=O)OC(C)(C)C)ccc2F)cc1. The van der Waals surface area contributed by atoms with Crippen LogP contribution < -0.4 is 33.6 Å². The van der Waals surface area contributed by atoms with Gasteiger partial charge in [0.15, 0.2) is 11.6 Å². The summed E-state index contributed by atoms with van der Waals surface area (Å²) in [5.41, 5.74) is 1.31. The van der Waals surface area contributed by atoms with Gasteiger partial charge in [-0.1, -0.05) is 24.3 Å². The number of rotatable bonds is 12. The third kappa shape index (κ3) is 8.40. The van der Waals surface area contributed by atoms with Crippen LogP contribution in [0.4, 0.5) is 41.0 Å². The highest BCUT2D eigenvalue weighted by Crippen LogP contribution is 2.48. The van der Waals surface area contributed by atoms with Crippen molar-refractivity contribution in [1.82, 2.24) is 24.8 Å². The van der Waals surface area contributed by atoms with Crippen LogP contribution in [0.15, 0.2) is 66.7 Å². The van der Waals surface area contributed by atoms with Crippen LogP contribution in [0.5, 0.6) is 23.4 Å². The van der Waals surface area contributed by atoms with Crippen molar-refractivity contribution in [2.24, 2.45) is 0 Å². The molecule has 0 N–H and O–H groups in total. The molecular formula is C51H59F3N8O6. The number of piperazine rings is 1. The van der Waals surface area contributed by atoms with Gasteiger partial charge in [0, 0.05) is 45.3 Å². The zero-order valence-electron chi connectivity index (χ0n) is 39.7. The van der Waals surface area contributed by atoms with E-state index in [4.69, 9.17) is 38.6 Å². The van der Waals surface area contributed by atoms with E-state index < -0.39 is 47.2 Å². The second-order valence-electron chi connectivity index (χ2n) is 19.9. The van der Waals surface area contributed by atoms with Gasteiger partial charge in [0.2, 0.25) is 5.88 Å². The minimum absolute atomic E-state index is 0.0484. The number of fused-ring (bicyclic) bond motifs is 6. The number of hydrogen-bond acceptors (Lipinski definition) is 13. The van der Waals surface area contributed by atoms with Gasteiger partial charge in [0.25, 0.3) is 0 Å². The Balaban J connectivity index is 1.05. The van der Waals surface area contributed by atoms with E-state index in [1.165, 1.54) is 6.07 Å². The minimum Gasteiger partial charge on any atom is -0.497 e. The van der Waals surface area contributed by atoms with Gasteiger partial charge < -0.3 is 38.4 Å². The summed E-state index contributed by atoms with van der Waals surface area (Å²) in [5, 5.41) is 0.279. The third-order valence-electron chi connectivity index (χ3n) is 14.3. The Hall–Kier alpha value is -6.23. The van der Waals surface area contributed by atoms with Crippen molar-refractivity contribution in [3.8, 4) is 23.4 Å². The van der Waals surface area contributed by atoms with Gasteiger partial charge in [0.05, 0.1) is 43.6 Å². The van der Waals surface area contributed by atoms with Crippen LogP contribution in [0.1, 0.15) is 70.9 Å². The molecule has 4 fully saturated rings. The first-order valence-electron chi connectivity index (χ1n) is 23.5. The smallest absolute Gasteiger partial charge is 0.410 e. The number of carbonyl (C=O) groups is 1. The third-order valence-corrected chi connectivity index (χ3v) is 14.3. The zero-order valence-corrected chi connectivity index (χ0v) is 39.7. The predicted molar refractivity (Wildman–Crippen MR) is 252 cm³/mol. The first-order valence-corrected chi connectivity index (χ1v) is 23.5. The van der Waals surface area contributed by atoms with E-state index in [1.54, 1.807) is 38.3 Å². The zero-order chi connectivity index (χ0) is 47.6. The standard InChI is InChI=1S/C51H59F3N8O6/c1-30-44-39-20-14-35(62(39)49(63)68-50(2,3)4)28-61(44)45-41-43(55-48(57-45)66-29-51-21-8-22-60(51)27-33(52)24-51)42(54)46(56-47(41)67-30)58(5)34-13-19-38(53)40(23-34)59(25-31-9-15-36(64-6)16-10-31)26-32-11-17-37(65-7)18-12-32/h9-13,15-19,23,30,33,35,39,44H,8,14,20-22,24-29H2,1-7H3/t30-,33+,35+,39-,44+,51-/m0/s1. The fourth-order valence-corrected chi connectivity index (χ4v) is 11.1. The summed E-state index contributed by atoms with van der Waals surface area (Å²) in [4.78, 5) is 38.0. The number of anilines is 4. The van der Waals surface area contributed by atoms with Crippen LogP contribution in [-0.2, 0) is 17.8 Å². The highest BCUT2D eigenvalue weighted by Gasteiger charge is 2.54. The number of aromatic nitrogens is 3. The second kappa shape index (κ2) is 17.7. The quantitative estimate of drug-likeness (QED) is 0.119. The van der Waals surface area contributed by atoms with E-state index >= 15 is 8.78 Å². The second-order valence-corrected chi connectivity index (χ2v) is 19.9. The maximum atomic E-state index is 17.7. The average molecular weight is 937 g/mol. The molecule has 3 aromatic carbocycles. The Kier molecular flexibility index (Phi) is 11.9. The maximum absolute atomic E-state index is 17.7. The summed E-state index contributed by atoms with van der Waals surface area (Å²) < 4.78 is 78.8. The molecule has 5 aliphatic heterocycles. The molecule has 4 saturated heterocycles. The molecule has 0 spiro atoms. The van der Waals surface area contributed by atoms with Gasteiger partial charge in [-0.2, -0.15) is 15.0 Å². The van der Waals surface area contributed by atoms with E-state index in [9.17, 15) is 9.18 Å². The van der Waals surface area contributed by atoms with E-state index in [0.717, 1.165) is 36.9 Å². The van der Waals surface area contributed by atoms with Gasteiger partial charge in [-0.15, -0.1) is 0 Å². The summed E-state index contributed by atoms with van der Waals surface area (Å²) >= 11 is 0. The molecule has 1 amide bonds. The lowest BCUT2D eigenvalue weighted by atomic mass is 9.95. The Morgan fingerprint density at radius 2 is 1.62 bits per heavy atom. The molecule has 5 aromatic rings. The molecule has 14 nitrogen and oxygen atoms in total. The summed E-state index contributed by atoms with van der Waals surface area (Å²) in [6.45, 7) is 9.81. The fourth-order valence-electron chi connectivity index (χ4n) is 11.1. The predicted octanol–water partition coefficient (Wildman–Crippen LogP) is 8.99. The van der Waals surface area contributed by atoms with Gasteiger partial charge in [0.1, 0.15) is 58.5 Å². The molecule has 360 valence electrons. The van der Waals surface area contributed by atoms with Crippen molar-refractivity contribution >= 4 is 40.0 Å². The van der Waals surface area contributed by atoms with Crippen LogP contribution in [0.2, 0.25) is 0 Å². The Bertz CT molecular complexity index is 2640. The number of carbonyl (C=O) groups excluding carboxylic acids is 1. The van der Waals surface area contributed by atoms with Crippen molar-refractivity contribution < 1.29 is 41.7 Å². The molecule has 5 aliphatic rings. The lowest BCUT2D eigenvalue weighted by Crippen LogP contribution is -2.65. The summed E-state index contributed by atoms with van der Waals surface area (Å²) in [6, 6.07) is 18.9. The number of nitrogens with zero attached hydrogens (tertiary/aromatic N) is 8. The number of amides is 1. The first kappa shape index (κ1) is 45.5. The molecule has 68 heavy (non-hydrogen) atoms. The molecule has 17 heteroatoms. The average Bonchev–Trinajstić information content (AvgIpc) is 3.93. The lowest BCUT2D eigenvalue weighted by Gasteiger charge is -2.48. The van der Waals surface area contributed by atoms with E-state index in [2.05, 4.69) is 9.80 Å². The van der Waals surface area contributed by atoms with Gasteiger partial charge in [-0.3, -0.25) is 9.80 Å². The van der Waals surface area contributed by atoms with Crippen LogP contribution in [0.25, 0.3) is 10.9 Å². The molecule has 0 unspecified atom stereocenters. The number of hydrogen-bond donors (Lipinski definition) is 0. The number of alkyl halides is 1. The normalized spacial score (nSPS) is 24.0. The van der Waals surface area contributed by atoms with Crippen LogP contribution in [0, 0.1) is 11.6 Å². The molecule has 10 rings (SSSR count). The molecular weight excluding hydrogens is 878 g/mol. The van der Waals surface area contributed by atoms with Crippen LogP contribution >= 0.6 is 0 Å². The number of halogens is 3. The molecule has 7 heterocycles. The highest BCUT2D eigenvalue weighted by atomic mass is 19.1. The van der Waals surface area contributed by atoms with Gasteiger partial charge >= 0.3 is 12.1 Å². The van der Waals surface area contributed by atoms with Crippen LogP contribution in [0.3, 0.4) is 0 Å². The molecule has 6 atom stereocenters. The van der Waals surface area contributed by atoms with Crippen molar-refractivity contribution in [2.75, 3.05) is 62.2 Å². The number of ether oxygens (including phenoxy) is 5. The molecule has 0 saturated carbocycles. The number of methoxy groups -OCH3 is 2. The Morgan fingerprint density at radius 3 is 2.28 bits per heavy atom. The number of benzene rings is 3. The van der Waals surface area contributed by atoms with Gasteiger partial charge in [-0.05, 0) is 114 Å². The van der Waals surface area contributed by atoms with E-state index in [-0.39, 0.29) is 53.0 Å². The minimum atomic E-state index is -0.967. The molecule has 2 aromatic heterocycles. The summed E-state index contributed by atoms with van der Waals surface area (Å²) in [7, 11) is 4.88. The summed E-state index contributed by atoms with van der Waals surface area (Å²) in [5.74, 6) is 0.581. The van der Waals surface area contributed by atoms with Crippen LogP contribution in [-0.4, -0.2) is 120 Å². The fraction of sp³-hybridized carbons (Fsp3) is 0.490. The maximum Gasteiger partial charge on any atom is 0.410 e. The monoisotopic (exact) mass is 936 g/mol. The topological polar surface area (TPSA) is 118 Å². The molecule has 2 bridgehead atoms. The van der Waals surface area contributed by atoms with Crippen molar-refractivity contribution in [2.45, 2.75) is 114 Å². The van der Waals surface area contributed by atoms with E-state index in [1.807, 2.05) is 86.0 Å². The lowest BCUT2D eigenvalue weighted by molar-refractivity contribution is 0.000932. The Morgan fingerprint density at radius 1 is 0.926 bits per heavy atom. The highest BCUT2D eigenvalue weighted by molar-refractivity contribution is 5.97. The first-order chi connectivity index (χ1) is 32.6. The van der Waals surface area contributed by atoms with E-state index in [0.29, 0.717) is 62.0 Å². The molecule has 0 aliphatic carbocycles. The van der Waals surface area contributed by atoms with Crippen molar-refractivity contribution in [3.63, 3.8) is 0 Å². The van der Waals surface area contributed by atoms with Crippen molar-refractivity contribution in [3.05, 3.63) is 89.5 Å². The Labute approximate surface area is 394 Å². The molecule has 0 radical (unpaired) electrons. The summed E-state index contributed by atoms with van der Waals surface area (Å²) in [6.07, 6.45) is 1.55. The number of pyridine rings is 1. The largest absolute Gasteiger partial charge is 0.497 e. The van der Waals surface area contributed by atoms with Gasteiger partial charge in [-0.25, -0.2) is 18.0 Å². The van der Waals surface area contributed by atoms with Crippen molar-refractivity contribution in [1.29, 1.82) is 0 Å².